The lowest BCUT2D eigenvalue weighted by atomic mass is 9.98. The van der Waals surface area contributed by atoms with Crippen LogP contribution in [0, 0.1) is 0 Å². The molecule has 0 saturated carbocycles. The molecule has 2 aromatic heterocycles. The lowest BCUT2D eigenvalue weighted by molar-refractivity contribution is 1.40. The van der Waals surface area contributed by atoms with Gasteiger partial charge in [0.05, 0.1) is 22.4 Å². The number of benzene rings is 5. The molecule has 0 aliphatic rings. The predicted molar refractivity (Wildman–Crippen MR) is 164 cm³/mol. The molecule has 0 radical (unpaired) electrons. The van der Waals surface area contributed by atoms with Crippen LogP contribution in [0.5, 0.6) is 0 Å². The van der Waals surface area contributed by atoms with Gasteiger partial charge in [-0.05, 0) is 47.0 Å². The van der Waals surface area contributed by atoms with E-state index in [4.69, 9.17) is 21.6 Å². The minimum Gasteiger partial charge on any atom is -0.248 e. The molecule has 0 atom stereocenters. The second-order valence-electron chi connectivity index (χ2n) is 9.63. The van der Waals surface area contributed by atoms with E-state index < -0.39 is 0 Å². The van der Waals surface area contributed by atoms with Crippen molar-refractivity contribution in [3.05, 3.63) is 145 Å². The van der Waals surface area contributed by atoms with Crippen molar-refractivity contribution >= 4 is 33.4 Å². The summed E-state index contributed by atoms with van der Waals surface area (Å²) < 4.78 is 0. The summed E-state index contributed by atoms with van der Waals surface area (Å²) in [5.74, 6) is 0. The SMILES string of the molecule is Clc1cc(-c2ccc(-c3ccc4ccccc4n3)cc2)ccc1-c1ccc(-c2ccc3ccccc3n2)cc1. The standard InChI is InChI=1S/C36H23ClN2/c37-32-23-30(24-9-13-28(14-10-24)35-21-18-26-5-1-3-7-33(26)38-35)17-20-31(32)25-11-15-29(16-12-25)36-22-19-27-6-2-4-8-34(27)39-36/h1-23H. The predicted octanol–water partition coefficient (Wildman–Crippen LogP) is 10.1. The maximum atomic E-state index is 6.80. The van der Waals surface area contributed by atoms with E-state index >= 15 is 0 Å². The molecule has 7 aromatic rings. The van der Waals surface area contributed by atoms with E-state index in [1.54, 1.807) is 0 Å². The van der Waals surface area contributed by atoms with Crippen molar-refractivity contribution in [2.24, 2.45) is 0 Å². The normalized spacial score (nSPS) is 11.2. The van der Waals surface area contributed by atoms with Gasteiger partial charge in [0.25, 0.3) is 0 Å². The molecule has 0 saturated heterocycles. The van der Waals surface area contributed by atoms with Crippen molar-refractivity contribution in [2.75, 3.05) is 0 Å². The lowest BCUT2D eigenvalue weighted by Crippen LogP contribution is -1.87. The van der Waals surface area contributed by atoms with Crippen molar-refractivity contribution in [2.45, 2.75) is 0 Å². The van der Waals surface area contributed by atoms with Crippen LogP contribution in [0.1, 0.15) is 0 Å². The van der Waals surface area contributed by atoms with Crippen LogP contribution in [0.15, 0.2) is 140 Å². The summed E-state index contributed by atoms with van der Waals surface area (Å²) in [6.45, 7) is 0. The third-order valence-corrected chi connectivity index (χ3v) is 7.48. The molecule has 0 fully saturated rings. The number of fused-ring (bicyclic) bond motifs is 2. The Balaban J connectivity index is 1.13. The van der Waals surface area contributed by atoms with Gasteiger partial charge in [0.1, 0.15) is 0 Å². The third kappa shape index (κ3) is 4.56. The van der Waals surface area contributed by atoms with E-state index in [0.29, 0.717) is 0 Å². The number of aromatic nitrogens is 2. The first-order valence-corrected chi connectivity index (χ1v) is 13.3. The van der Waals surface area contributed by atoms with E-state index in [9.17, 15) is 0 Å². The summed E-state index contributed by atoms with van der Waals surface area (Å²) in [6.07, 6.45) is 0. The lowest BCUT2D eigenvalue weighted by Gasteiger charge is -2.10. The Morgan fingerprint density at radius 2 is 0.846 bits per heavy atom. The maximum Gasteiger partial charge on any atom is 0.0709 e. The van der Waals surface area contributed by atoms with Crippen LogP contribution in [0.25, 0.3) is 66.6 Å². The summed E-state index contributed by atoms with van der Waals surface area (Å²) >= 11 is 6.80. The Morgan fingerprint density at radius 3 is 1.38 bits per heavy atom. The fraction of sp³-hybridized carbons (Fsp3) is 0. The molecule has 3 heteroatoms. The zero-order valence-corrected chi connectivity index (χ0v) is 21.8. The molecule has 0 amide bonds. The highest BCUT2D eigenvalue weighted by atomic mass is 35.5. The number of para-hydroxylation sites is 2. The van der Waals surface area contributed by atoms with Gasteiger partial charge in [-0.2, -0.15) is 0 Å². The number of halogens is 1. The van der Waals surface area contributed by atoms with Crippen LogP contribution >= 0.6 is 11.6 Å². The van der Waals surface area contributed by atoms with Crippen molar-refractivity contribution in [1.29, 1.82) is 0 Å². The third-order valence-electron chi connectivity index (χ3n) is 7.17. The Morgan fingerprint density at radius 1 is 0.385 bits per heavy atom. The van der Waals surface area contributed by atoms with Gasteiger partial charge in [0, 0.05) is 32.5 Å². The second kappa shape index (κ2) is 9.83. The average Bonchev–Trinajstić information content (AvgIpc) is 3.01. The zero-order valence-electron chi connectivity index (χ0n) is 21.1. The Bertz CT molecular complexity index is 1960. The topological polar surface area (TPSA) is 25.8 Å². The first-order chi connectivity index (χ1) is 19.2. The van der Waals surface area contributed by atoms with E-state index in [0.717, 1.165) is 71.6 Å². The van der Waals surface area contributed by atoms with Gasteiger partial charge in [0.15, 0.2) is 0 Å². The number of nitrogens with zero attached hydrogens (tertiary/aromatic N) is 2. The molecule has 7 rings (SSSR count). The molecular formula is C36H23ClN2. The molecule has 0 aliphatic heterocycles. The maximum absolute atomic E-state index is 6.80. The van der Waals surface area contributed by atoms with Crippen molar-refractivity contribution in [3.8, 4) is 44.8 Å². The van der Waals surface area contributed by atoms with Crippen LogP contribution in [0.4, 0.5) is 0 Å². The quantitative estimate of drug-likeness (QED) is 0.231. The molecule has 0 bridgehead atoms. The highest BCUT2D eigenvalue weighted by molar-refractivity contribution is 6.33. The number of hydrogen-bond donors (Lipinski definition) is 0. The van der Waals surface area contributed by atoms with Gasteiger partial charge in [-0.3, -0.25) is 0 Å². The number of pyridine rings is 2. The van der Waals surface area contributed by atoms with Gasteiger partial charge in [0.2, 0.25) is 0 Å². The molecule has 39 heavy (non-hydrogen) atoms. The average molecular weight is 519 g/mol. The van der Waals surface area contributed by atoms with Crippen LogP contribution in [0.2, 0.25) is 5.02 Å². The summed E-state index contributed by atoms with van der Waals surface area (Å²) in [4.78, 5) is 9.64. The minimum atomic E-state index is 0.726. The van der Waals surface area contributed by atoms with Crippen LogP contribution < -0.4 is 0 Å². The van der Waals surface area contributed by atoms with Gasteiger partial charge < -0.3 is 0 Å². The van der Waals surface area contributed by atoms with Gasteiger partial charge in [-0.1, -0.05) is 121 Å². The highest BCUT2D eigenvalue weighted by Crippen LogP contribution is 2.34. The van der Waals surface area contributed by atoms with Crippen molar-refractivity contribution in [1.82, 2.24) is 9.97 Å². The summed E-state index contributed by atoms with van der Waals surface area (Å²) in [5.41, 5.74) is 10.4. The molecule has 2 nitrogen and oxygen atoms in total. The smallest absolute Gasteiger partial charge is 0.0709 e. The minimum absolute atomic E-state index is 0.726. The molecule has 184 valence electrons. The fourth-order valence-electron chi connectivity index (χ4n) is 5.04. The summed E-state index contributed by atoms with van der Waals surface area (Å²) in [7, 11) is 0. The second-order valence-corrected chi connectivity index (χ2v) is 10.0. The Hall–Kier alpha value is -4.79. The Kier molecular flexibility index (Phi) is 5.88. The monoisotopic (exact) mass is 518 g/mol. The van der Waals surface area contributed by atoms with Crippen LogP contribution in [0.3, 0.4) is 0 Å². The van der Waals surface area contributed by atoms with Crippen LogP contribution in [-0.2, 0) is 0 Å². The molecular weight excluding hydrogens is 496 g/mol. The summed E-state index contributed by atoms with van der Waals surface area (Å²) in [5, 5.41) is 3.02. The van der Waals surface area contributed by atoms with Crippen LogP contribution in [-0.4, -0.2) is 9.97 Å². The van der Waals surface area contributed by atoms with Gasteiger partial charge in [-0.15, -0.1) is 0 Å². The van der Waals surface area contributed by atoms with E-state index in [2.05, 4.69) is 97.1 Å². The summed E-state index contributed by atoms with van der Waals surface area (Å²) in [6, 6.07) is 47.9. The first-order valence-electron chi connectivity index (χ1n) is 12.9. The number of hydrogen-bond acceptors (Lipinski definition) is 2. The molecule has 5 aromatic carbocycles. The molecule has 0 unspecified atom stereocenters. The largest absolute Gasteiger partial charge is 0.248 e. The molecule has 2 heterocycles. The van der Waals surface area contributed by atoms with Gasteiger partial charge in [-0.25, -0.2) is 9.97 Å². The molecule has 0 aliphatic carbocycles. The zero-order chi connectivity index (χ0) is 26.2. The molecule has 0 N–H and O–H groups in total. The van der Waals surface area contributed by atoms with Gasteiger partial charge >= 0.3 is 0 Å². The Labute approximate surface area is 232 Å². The van der Waals surface area contributed by atoms with Crippen molar-refractivity contribution < 1.29 is 0 Å². The number of rotatable bonds is 4. The van der Waals surface area contributed by atoms with E-state index in [1.807, 2.05) is 42.5 Å². The molecule has 0 spiro atoms. The van der Waals surface area contributed by atoms with E-state index in [-0.39, 0.29) is 0 Å². The van der Waals surface area contributed by atoms with E-state index in [1.165, 1.54) is 0 Å². The fourth-order valence-corrected chi connectivity index (χ4v) is 5.33. The highest BCUT2D eigenvalue weighted by Gasteiger charge is 2.09. The van der Waals surface area contributed by atoms with Crippen molar-refractivity contribution in [3.63, 3.8) is 0 Å². The first kappa shape index (κ1) is 23.3.